The second-order valence-corrected chi connectivity index (χ2v) is 5.14. The van der Waals surface area contributed by atoms with Crippen molar-refractivity contribution in [3.05, 3.63) is 58.7 Å². The van der Waals surface area contributed by atoms with Crippen molar-refractivity contribution in [3.8, 4) is 23.0 Å². The number of hydrogen-bond donors (Lipinski definition) is 0. The number of hydrogen-bond acceptors (Lipinski definition) is 3. The monoisotopic (exact) mass is 319 g/mol. The highest BCUT2D eigenvalue weighted by atomic mass is 35.5. The van der Waals surface area contributed by atoms with E-state index in [1.807, 2.05) is 30.3 Å². The third-order valence-electron chi connectivity index (χ3n) is 2.97. The third-order valence-corrected chi connectivity index (χ3v) is 3.52. The molecule has 0 saturated heterocycles. The predicted molar refractivity (Wildman–Crippen MR) is 83.4 cm³/mol. The van der Waals surface area contributed by atoms with Crippen LogP contribution in [0, 0.1) is 0 Å². The second kappa shape index (κ2) is 5.76. The summed E-state index contributed by atoms with van der Waals surface area (Å²) in [5, 5.41) is 5.51. The van der Waals surface area contributed by atoms with Gasteiger partial charge in [0.25, 0.3) is 0 Å². The first-order valence-corrected chi connectivity index (χ1v) is 6.95. The molecule has 0 atom stereocenters. The average molecular weight is 320 g/mol. The fraction of sp³-hybridized carbons (Fsp3) is 0.0667. The summed E-state index contributed by atoms with van der Waals surface area (Å²) in [6.45, 7) is 0. The quantitative estimate of drug-likeness (QED) is 0.724. The first-order chi connectivity index (χ1) is 10.2. The summed E-state index contributed by atoms with van der Waals surface area (Å²) < 4.78 is 6.90. The van der Waals surface area contributed by atoms with Gasteiger partial charge in [-0.25, -0.2) is 9.67 Å². The zero-order valence-electron chi connectivity index (χ0n) is 11.1. The van der Waals surface area contributed by atoms with Crippen molar-refractivity contribution in [3.63, 3.8) is 0 Å². The van der Waals surface area contributed by atoms with Crippen LogP contribution in [0.25, 0.3) is 17.1 Å². The SMILES string of the molecule is COc1cc(-c2ccc(Cl)cc2Cl)n(-c2ccccn2)n1. The van der Waals surface area contributed by atoms with Gasteiger partial charge in [0.05, 0.1) is 17.8 Å². The molecule has 0 N–H and O–H groups in total. The van der Waals surface area contributed by atoms with Crippen LogP contribution in [0.3, 0.4) is 0 Å². The lowest BCUT2D eigenvalue weighted by Crippen LogP contribution is -2.01. The van der Waals surface area contributed by atoms with Gasteiger partial charge in [-0.3, -0.25) is 0 Å². The summed E-state index contributed by atoms with van der Waals surface area (Å²) in [6, 6.07) is 12.7. The molecule has 3 aromatic rings. The number of rotatable bonds is 3. The Morgan fingerprint density at radius 2 is 1.95 bits per heavy atom. The molecule has 0 amide bonds. The lowest BCUT2D eigenvalue weighted by atomic mass is 10.1. The van der Waals surface area contributed by atoms with Crippen molar-refractivity contribution < 1.29 is 4.74 Å². The molecule has 0 bridgehead atoms. The van der Waals surface area contributed by atoms with E-state index < -0.39 is 0 Å². The Morgan fingerprint density at radius 1 is 1.10 bits per heavy atom. The maximum atomic E-state index is 6.29. The molecule has 0 aliphatic carbocycles. The molecular weight excluding hydrogens is 309 g/mol. The topological polar surface area (TPSA) is 39.9 Å². The molecule has 0 saturated carbocycles. The molecule has 0 aliphatic heterocycles. The van der Waals surface area contributed by atoms with Gasteiger partial charge in [-0.15, -0.1) is 5.10 Å². The minimum Gasteiger partial charge on any atom is -0.480 e. The van der Waals surface area contributed by atoms with E-state index in [0.717, 1.165) is 11.3 Å². The first-order valence-electron chi connectivity index (χ1n) is 6.20. The Hall–Kier alpha value is -2.04. The van der Waals surface area contributed by atoms with Gasteiger partial charge < -0.3 is 4.74 Å². The van der Waals surface area contributed by atoms with E-state index in [-0.39, 0.29) is 0 Å². The van der Waals surface area contributed by atoms with Crippen LogP contribution in [0.15, 0.2) is 48.7 Å². The van der Waals surface area contributed by atoms with E-state index in [4.69, 9.17) is 27.9 Å². The average Bonchev–Trinajstić information content (AvgIpc) is 2.92. The maximum absolute atomic E-state index is 6.29. The number of benzene rings is 1. The van der Waals surface area contributed by atoms with E-state index in [1.165, 1.54) is 0 Å². The molecule has 3 rings (SSSR count). The van der Waals surface area contributed by atoms with Crippen molar-refractivity contribution in [1.82, 2.24) is 14.8 Å². The Labute approximate surface area is 131 Å². The van der Waals surface area contributed by atoms with E-state index >= 15 is 0 Å². The van der Waals surface area contributed by atoms with Crippen molar-refractivity contribution in [2.24, 2.45) is 0 Å². The maximum Gasteiger partial charge on any atom is 0.233 e. The number of nitrogens with zero attached hydrogens (tertiary/aromatic N) is 3. The van der Waals surface area contributed by atoms with Crippen molar-refractivity contribution >= 4 is 23.2 Å². The van der Waals surface area contributed by atoms with Crippen molar-refractivity contribution in [2.75, 3.05) is 7.11 Å². The van der Waals surface area contributed by atoms with Crippen LogP contribution in [0.2, 0.25) is 10.0 Å². The zero-order chi connectivity index (χ0) is 14.8. The number of aromatic nitrogens is 3. The largest absolute Gasteiger partial charge is 0.480 e. The van der Waals surface area contributed by atoms with Gasteiger partial charge in [0, 0.05) is 22.8 Å². The lowest BCUT2D eigenvalue weighted by molar-refractivity contribution is 0.394. The van der Waals surface area contributed by atoms with E-state index in [9.17, 15) is 0 Å². The summed E-state index contributed by atoms with van der Waals surface area (Å²) in [5.74, 6) is 1.17. The molecule has 4 nitrogen and oxygen atoms in total. The zero-order valence-corrected chi connectivity index (χ0v) is 12.6. The van der Waals surface area contributed by atoms with Gasteiger partial charge >= 0.3 is 0 Å². The first kappa shape index (κ1) is 13.9. The van der Waals surface area contributed by atoms with Crippen LogP contribution in [-0.4, -0.2) is 21.9 Å². The number of methoxy groups -OCH3 is 1. The molecule has 2 aromatic heterocycles. The van der Waals surface area contributed by atoms with Gasteiger partial charge in [0.1, 0.15) is 0 Å². The Kier molecular flexibility index (Phi) is 3.82. The normalized spacial score (nSPS) is 10.6. The highest BCUT2D eigenvalue weighted by Gasteiger charge is 2.15. The summed E-state index contributed by atoms with van der Waals surface area (Å²) in [6.07, 6.45) is 1.71. The van der Waals surface area contributed by atoms with Crippen LogP contribution in [0.4, 0.5) is 0 Å². The fourth-order valence-corrected chi connectivity index (χ4v) is 2.51. The minimum atomic E-state index is 0.488. The van der Waals surface area contributed by atoms with Gasteiger partial charge in [-0.1, -0.05) is 29.3 Å². The number of pyridine rings is 1. The number of ether oxygens (including phenoxy) is 1. The van der Waals surface area contributed by atoms with Gasteiger partial charge in [-0.05, 0) is 30.3 Å². The van der Waals surface area contributed by atoms with E-state index in [0.29, 0.717) is 21.7 Å². The molecule has 1 aromatic carbocycles. The highest BCUT2D eigenvalue weighted by molar-refractivity contribution is 6.36. The van der Waals surface area contributed by atoms with Crippen LogP contribution >= 0.6 is 23.2 Å². The minimum absolute atomic E-state index is 0.488. The van der Waals surface area contributed by atoms with Crippen molar-refractivity contribution in [2.45, 2.75) is 0 Å². The van der Waals surface area contributed by atoms with Crippen LogP contribution in [0.5, 0.6) is 5.88 Å². The summed E-state index contributed by atoms with van der Waals surface area (Å²) >= 11 is 12.2. The van der Waals surface area contributed by atoms with E-state index in [2.05, 4.69) is 10.1 Å². The molecule has 2 heterocycles. The molecule has 0 unspecified atom stereocenters. The molecule has 0 radical (unpaired) electrons. The lowest BCUT2D eigenvalue weighted by Gasteiger charge is -2.08. The summed E-state index contributed by atoms with van der Waals surface area (Å²) in [7, 11) is 1.57. The van der Waals surface area contributed by atoms with Crippen LogP contribution in [0.1, 0.15) is 0 Å². The van der Waals surface area contributed by atoms with E-state index in [1.54, 1.807) is 30.1 Å². The summed E-state index contributed by atoms with van der Waals surface area (Å²) in [4.78, 5) is 4.31. The van der Waals surface area contributed by atoms with Gasteiger partial charge in [0.2, 0.25) is 5.88 Å². The molecule has 0 fully saturated rings. The Bertz CT molecular complexity index is 772. The standard InChI is InChI=1S/C15H11Cl2N3O/c1-21-15-9-13(11-6-5-10(16)8-12(11)17)20(19-15)14-4-2-3-7-18-14/h2-9H,1H3. The Morgan fingerprint density at radius 3 is 2.62 bits per heavy atom. The number of halogens is 2. The Balaban J connectivity index is 2.20. The summed E-state index contributed by atoms with van der Waals surface area (Å²) in [5.41, 5.74) is 1.59. The highest BCUT2D eigenvalue weighted by Crippen LogP contribution is 2.33. The molecule has 6 heteroatoms. The van der Waals surface area contributed by atoms with Crippen LogP contribution in [-0.2, 0) is 0 Å². The second-order valence-electron chi connectivity index (χ2n) is 4.30. The molecule has 106 valence electrons. The molecule has 0 aliphatic rings. The fourth-order valence-electron chi connectivity index (χ4n) is 2.00. The molecular formula is C15H11Cl2N3O. The third kappa shape index (κ3) is 2.73. The molecule has 21 heavy (non-hydrogen) atoms. The van der Waals surface area contributed by atoms with Crippen molar-refractivity contribution in [1.29, 1.82) is 0 Å². The predicted octanol–water partition coefficient (Wildman–Crippen LogP) is 4.25. The smallest absolute Gasteiger partial charge is 0.233 e. The van der Waals surface area contributed by atoms with Crippen LogP contribution < -0.4 is 4.74 Å². The van der Waals surface area contributed by atoms with Gasteiger partial charge in [-0.2, -0.15) is 0 Å². The van der Waals surface area contributed by atoms with Gasteiger partial charge in [0.15, 0.2) is 5.82 Å². The molecule has 0 spiro atoms.